The number of carbonyl (C=O) groups is 1. The smallest absolute Gasteiger partial charge is 0.224 e. The first-order chi connectivity index (χ1) is 11.7. The molecular formula is C21H27NO2. The van der Waals surface area contributed by atoms with Gasteiger partial charge in [-0.05, 0) is 54.7 Å². The molecule has 0 bridgehead atoms. The molecule has 0 aliphatic rings. The second kappa shape index (κ2) is 9.76. The summed E-state index contributed by atoms with van der Waals surface area (Å²) in [6.07, 6.45) is 4.42. The molecule has 128 valence electrons. The second-order valence-electron chi connectivity index (χ2n) is 5.94. The Morgan fingerprint density at radius 1 is 0.958 bits per heavy atom. The quantitative estimate of drug-likeness (QED) is 0.659. The van der Waals surface area contributed by atoms with Gasteiger partial charge in [-0.1, -0.05) is 44.5 Å². The van der Waals surface area contributed by atoms with Crippen LogP contribution in [-0.4, -0.2) is 12.5 Å². The highest BCUT2D eigenvalue weighted by molar-refractivity contribution is 5.90. The van der Waals surface area contributed by atoms with Crippen molar-refractivity contribution in [1.82, 2.24) is 0 Å². The molecule has 24 heavy (non-hydrogen) atoms. The number of ether oxygens (including phenoxy) is 1. The van der Waals surface area contributed by atoms with E-state index in [-0.39, 0.29) is 5.91 Å². The predicted molar refractivity (Wildman–Crippen MR) is 99.6 cm³/mol. The summed E-state index contributed by atoms with van der Waals surface area (Å²) in [4.78, 5) is 11.9. The van der Waals surface area contributed by atoms with Crippen molar-refractivity contribution in [3.8, 4) is 5.75 Å². The summed E-state index contributed by atoms with van der Waals surface area (Å²) in [6, 6.07) is 16.2. The Labute approximate surface area is 145 Å². The summed E-state index contributed by atoms with van der Waals surface area (Å²) in [5.74, 6) is 0.895. The van der Waals surface area contributed by atoms with Gasteiger partial charge in [-0.25, -0.2) is 0 Å². The van der Waals surface area contributed by atoms with E-state index in [1.54, 1.807) is 0 Å². The monoisotopic (exact) mass is 325 g/mol. The molecule has 1 amide bonds. The summed E-state index contributed by atoms with van der Waals surface area (Å²) in [6.45, 7) is 4.84. The number of hydrogen-bond acceptors (Lipinski definition) is 2. The Bertz CT molecular complexity index is 617. The van der Waals surface area contributed by atoms with Crippen molar-refractivity contribution in [2.45, 2.75) is 46.0 Å². The molecule has 0 atom stereocenters. The fourth-order valence-corrected chi connectivity index (χ4v) is 2.51. The van der Waals surface area contributed by atoms with Gasteiger partial charge in [0.2, 0.25) is 5.91 Å². The van der Waals surface area contributed by atoms with Crippen LogP contribution >= 0.6 is 0 Å². The molecule has 0 radical (unpaired) electrons. The van der Waals surface area contributed by atoms with Gasteiger partial charge in [0.1, 0.15) is 5.75 Å². The average molecular weight is 325 g/mol. The van der Waals surface area contributed by atoms with Gasteiger partial charge >= 0.3 is 0 Å². The lowest BCUT2D eigenvalue weighted by Crippen LogP contribution is -2.12. The SMILES string of the molecule is CCCc1ccc(OCCCC(=O)Nc2ccc(CC)cc2)cc1. The lowest BCUT2D eigenvalue weighted by atomic mass is 10.1. The fraction of sp³-hybridized carbons (Fsp3) is 0.381. The molecule has 3 nitrogen and oxygen atoms in total. The summed E-state index contributed by atoms with van der Waals surface area (Å²) in [5, 5.41) is 2.92. The molecule has 0 aliphatic heterocycles. The van der Waals surface area contributed by atoms with E-state index in [1.807, 2.05) is 36.4 Å². The van der Waals surface area contributed by atoms with Crippen LogP contribution in [0.25, 0.3) is 0 Å². The first-order valence-electron chi connectivity index (χ1n) is 8.81. The van der Waals surface area contributed by atoms with E-state index >= 15 is 0 Å². The van der Waals surface area contributed by atoms with E-state index in [4.69, 9.17) is 4.74 Å². The normalized spacial score (nSPS) is 10.4. The van der Waals surface area contributed by atoms with E-state index in [2.05, 4.69) is 31.3 Å². The van der Waals surface area contributed by atoms with Crippen LogP contribution in [0.4, 0.5) is 5.69 Å². The third-order valence-corrected chi connectivity index (χ3v) is 3.92. The van der Waals surface area contributed by atoms with Crippen LogP contribution in [-0.2, 0) is 17.6 Å². The van der Waals surface area contributed by atoms with Crippen molar-refractivity contribution in [2.75, 3.05) is 11.9 Å². The largest absolute Gasteiger partial charge is 0.494 e. The van der Waals surface area contributed by atoms with Gasteiger partial charge in [0.15, 0.2) is 0 Å². The minimum Gasteiger partial charge on any atom is -0.494 e. The standard InChI is InChI=1S/C21H27NO2/c1-3-6-18-10-14-20(15-11-18)24-16-5-7-21(23)22-19-12-8-17(4-2)9-13-19/h8-15H,3-7,16H2,1-2H3,(H,22,23). The molecule has 0 aromatic heterocycles. The van der Waals surface area contributed by atoms with Crippen LogP contribution in [0.1, 0.15) is 44.2 Å². The fourth-order valence-electron chi connectivity index (χ4n) is 2.51. The molecule has 0 saturated heterocycles. The van der Waals surface area contributed by atoms with Crippen molar-refractivity contribution in [3.05, 3.63) is 59.7 Å². The van der Waals surface area contributed by atoms with Gasteiger partial charge in [-0.15, -0.1) is 0 Å². The molecule has 0 aliphatic carbocycles. The van der Waals surface area contributed by atoms with Crippen LogP contribution in [0.3, 0.4) is 0 Å². The first-order valence-corrected chi connectivity index (χ1v) is 8.81. The van der Waals surface area contributed by atoms with Crippen molar-refractivity contribution in [3.63, 3.8) is 0 Å². The number of carbonyl (C=O) groups excluding carboxylic acids is 1. The van der Waals surface area contributed by atoms with E-state index in [1.165, 1.54) is 11.1 Å². The molecule has 2 aromatic carbocycles. The maximum atomic E-state index is 11.9. The molecule has 0 unspecified atom stereocenters. The maximum Gasteiger partial charge on any atom is 0.224 e. The van der Waals surface area contributed by atoms with Gasteiger partial charge in [0.25, 0.3) is 0 Å². The third kappa shape index (κ3) is 6.07. The third-order valence-electron chi connectivity index (χ3n) is 3.92. The van der Waals surface area contributed by atoms with Gasteiger partial charge in [-0.2, -0.15) is 0 Å². The molecule has 0 spiro atoms. The zero-order valence-corrected chi connectivity index (χ0v) is 14.7. The summed E-state index contributed by atoms with van der Waals surface area (Å²) >= 11 is 0. The Hall–Kier alpha value is -2.29. The predicted octanol–water partition coefficient (Wildman–Crippen LogP) is 5.00. The Kier molecular flexibility index (Phi) is 7.34. The van der Waals surface area contributed by atoms with Crippen LogP contribution < -0.4 is 10.1 Å². The lowest BCUT2D eigenvalue weighted by molar-refractivity contribution is -0.116. The number of aryl methyl sites for hydroxylation is 2. The number of anilines is 1. The molecule has 1 N–H and O–H groups in total. The van der Waals surface area contributed by atoms with Gasteiger partial charge in [0, 0.05) is 12.1 Å². The zero-order valence-electron chi connectivity index (χ0n) is 14.7. The summed E-state index contributed by atoms with van der Waals surface area (Å²) in [7, 11) is 0. The van der Waals surface area contributed by atoms with Gasteiger partial charge < -0.3 is 10.1 Å². The summed E-state index contributed by atoms with van der Waals surface area (Å²) in [5.41, 5.74) is 3.45. The highest BCUT2D eigenvalue weighted by atomic mass is 16.5. The highest BCUT2D eigenvalue weighted by Crippen LogP contribution is 2.14. The first kappa shape index (κ1) is 18.1. The molecule has 3 heteroatoms. The van der Waals surface area contributed by atoms with Crippen LogP contribution in [0.15, 0.2) is 48.5 Å². The molecule has 0 saturated carbocycles. The minimum atomic E-state index is 0.0288. The van der Waals surface area contributed by atoms with E-state index in [0.717, 1.165) is 30.7 Å². The number of benzene rings is 2. The molecule has 0 heterocycles. The average Bonchev–Trinajstić information content (AvgIpc) is 2.61. The zero-order chi connectivity index (χ0) is 17.2. The Morgan fingerprint density at radius 3 is 2.25 bits per heavy atom. The maximum absolute atomic E-state index is 11.9. The van der Waals surface area contributed by atoms with E-state index in [0.29, 0.717) is 19.4 Å². The number of rotatable bonds is 9. The number of nitrogens with one attached hydrogen (secondary N) is 1. The van der Waals surface area contributed by atoms with Gasteiger partial charge in [-0.3, -0.25) is 4.79 Å². The second-order valence-corrected chi connectivity index (χ2v) is 5.94. The molecule has 2 aromatic rings. The summed E-state index contributed by atoms with van der Waals surface area (Å²) < 4.78 is 5.69. The van der Waals surface area contributed by atoms with E-state index < -0.39 is 0 Å². The lowest BCUT2D eigenvalue weighted by Gasteiger charge is -2.08. The number of amides is 1. The van der Waals surface area contributed by atoms with Crippen molar-refractivity contribution in [2.24, 2.45) is 0 Å². The van der Waals surface area contributed by atoms with Crippen molar-refractivity contribution in [1.29, 1.82) is 0 Å². The topological polar surface area (TPSA) is 38.3 Å². The van der Waals surface area contributed by atoms with Crippen molar-refractivity contribution >= 4 is 11.6 Å². The van der Waals surface area contributed by atoms with Gasteiger partial charge in [0.05, 0.1) is 6.61 Å². The molecule has 0 fully saturated rings. The Morgan fingerprint density at radius 2 is 1.62 bits per heavy atom. The minimum absolute atomic E-state index is 0.0288. The van der Waals surface area contributed by atoms with Crippen LogP contribution in [0, 0.1) is 0 Å². The van der Waals surface area contributed by atoms with Crippen molar-refractivity contribution < 1.29 is 9.53 Å². The van der Waals surface area contributed by atoms with E-state index in [9.17, 15) is 4.79 Å². The molecular weight excluding hydrogens is 298 g/mol. The highest BCUT2D eigenvalue weighted by Gasteiger charge is 2.03. The van der Waals surface area contributed by atoms with Crippen LogP contribution in [0.5, 0.6) is 5.75 Å². The Balaban J connectivity index is 1.66. The molecule has 2 rings (SSSR count). The van der Waals surface area contributed by atoms with Crippen LogP contribution in [0.2, 0.25) is 0 Å². The number of hydrogen-bond donors (Lipinski definition) is 1.